The van der Waals surface area contributed by atoms with E-state index in [1.807, 2.05) is 27.7 Å². The highest BCUT2D eigenvalue weighted by atomic mass is 35.5. The Labute approximate surface area is 112 Å². The third-order valence-electron chi connectivity index (χ3n) is 3.53. The zero-order valence-corrected chi connectivity index (χ0v) is 11.7. The topological polar surface area (TPSA) is 31.4 Å². The molecule has 0 saturated carbocycles. The number of aromatic nitrogens is 1. The summed E-state index contributed by atoms with van der Waals surface area (Å²) in [6.07, 6.45) is 0. The molecular weight excluding hydrogens is 255 g/mol. The van der Waals surface area contributed by atoms with Crippen LogP contribution in [0.3, 0.4) is 0 Å². The number of nitrogens with zero attached hydrogens (tertiary/aromatic N) is 1. The molecule has 0 aliphatic carbocycles. The fourth-order valence-electron chi connectivity index (χ4n) is 1.76. The first kappa shape index (κ1) is 13.8. The fraction of sp³-hybridized carbons (Fsp3) is 0.583. The minimum absolute atomic E-state index is 0.245. The van der Waals surface area contributed by atoms with Crippen molar-refractivity contribution < 1.29 is 13.7 Å². The van der Waals surface area contributed by atoms with Crippen LogP contribution in [0, 0.1) is 0 Å². The molecule has 0 aromatic carbocycles. The van der Waals surface area contributed by atoms with E-state index in [1.54, 1.807) is 12.1 Å². The Morgan fingerprint density at radius 2 is 1.78 bits per heavy atom. The van der Waals surface area contributed by atoms with Gasteiger partial charge < -0.3 is 9.31 Å². The molecule has 1 aliphatic rings. The molecule has 0 bridgehead atoms. The van der Waals surface area contributed by atoms with Gasteiger partial charge in [0.05, 0.1) is 16.9 Å². The van der Waals surface area contributed by atoms with Crippen molar-refractivity contribution in [2.24, 2.45) is 0 Å². The van der Waals surface area contributed by atoms with Crippen LogP contribution in [0.25, 0.3) is 0 Å². The van der Waals surface area contributed by atoms with E-state index in [0.717, 1.165) is 0 Å². The van der Waals surface area contributed by atoms with Crippen molar-refractivity contribution in [3.05, 3.63) is 23.0 Å². The van der Waals surface area contributed by atoms with Crippen LogP contribution in [0.5, 0.6) is 0 Å². The summed E-state index contributed by atoms with van der Waals surface area (Å²) in [5, 5.41) is 0.245. The predicted octanol–water partition coefficient (Wildman–Crippen LogP) is 2.50. The molecule has 0 amide bonds. The van der Waals surface area contributed by atoms with Gasteiger partial charge in [-0.05, 0) is 45.3 Å². The van der Waals surface area contributed by atoms with Crippen molar-refractivity contribution in [1.82, 2.24) is 4.98 Å². The second-order valence-corrected chi connectivity index (χ2v) is 5.82. The van der Waals surface area contributed by atoms with Crippen LogP contribution >= 0.6 is 11.6 Å². The Bertz CT molecular complexity index is 451. The predicted molar refractivity (Wildman–Crippen MR) is 69.8 cm³/mol. The van der Waals surface area contributed by atoms with Crippen LogP contribution < -0.4 is 5.46 Å². The Balaban J connectivity index is 2.32. The van der Waals surface area contributed by atoms with E-state index in [1.165, 1.54) is 0 Å². The second-order valence-electron chi connectivity index (χ2n) is 5.44. The number of hydrogen-bond acceptors (Lipinski definition) is 3. The molecule has 3 nitrogen and oxygen atoms in total. The Hall–Kier alpha value is -0.645. The first-order chi connectivity index (χ1) is 8.25. The van der Waals surface area contributed by atoms with E-state index in [2.05, 4.69) is 4.98 Å². The smallest absolute Gasteiger partial charge is 0.399 e. The van der Waals surface area contributed by atoms with Gasteiger partial charge in [0.2, 0.25) is 0 Å². The van der Waals surface area contributed by atoms with Gasteiger partial charge in [0.15, 0.2) is 0 Å². The van der Waals surface area contributed by atoms with Crippen LogP contribution in [0.1, 0.15) is 33.4 Å². The SMILES string of the molecule is CC1(C)OB(c2cc(Cl)nc(CF)c2)OC1(C)C. The molecule has 1 aromatic heterocycles. The molecule has 1 aromatic rings. The lowest BCUT2D eigenvalue weighted by Gasteiger charge is -2.32. The maximum atomic E-state index is 12.7. The van der Waals surface area contributed by atoms with E-state index in [-0.39, 0.29) is 10.8 Å². The van der Waals surface area contributed by atoms with Crippen LogP contribution in [-0.2, 0) is 16.0 Å². The molecule has 18 heavy (non-hydrogen) atoms. The summed E-state index contributed by atoms with van der Waals surface area (Å²) >= 11 is 5.86. The van der Waals surface area contributed by atoms with Gasteiger partial charge in [-0.3, -0.25) is 0 Å². The quantitative estimate of drug-likeness (QED) is 0.612. The molecule has 6 heteroatoms. The highest BCUT2D eigenvalue weighted by Gasteiger charge is 2.51. The van der Waals surface area contributed by atoms with Crippen molar-refractivity contribution in [1.29, 1.82) is 0 Å². The number of pyridine rings is 1. The Morgan fingerprint density at radius 3 is 2.28 bits per heavy atom. The summed E-state index contributed by atoms with van der Waals surface area (Å²) < 4.78 is 24.4. The minimum Gasteiger partial charge on any atom is -0.399 e. The molecule has 1 saturated heterocycles. The van der Waals surface area contributed by atoms with Gasteiger partial charge in [0, 0.05) is 0 Å². The average Bonchev–Trinajstić information content (AvgIpc) is 2.47. The summed E-state index contributed by atoms with van der Waals surface area (Å²) in [5.41, 5.74) is 0.126. The molecule has 0 radical (unpaired) electrons. The molecule has 98 valence electrons. The number of hydrogen-bond donors (Lipinski definition) is 0. The second kappa shape index (κ2) is 4.47. The maximum absolute atomic E-state index is 12.7. The molecule has 0 spiro atoms. The van der Waals surface area contributed by atoms with E-state index in [0.29, 0.717) is 5.46 Å². The molecule has 0 N–H and O–H groups in total. The van der Waals surface area contributed by atoms with Gasteiger partial charge in [-0.25, -0.2) is 9.37 Å². The number of rotatable bonds is 2. The normalized spacial score (nSPS) is 21.3. The molecule has 0 atom stereocenters. The standard InChI is InChI=1S/C12H16BClFNO2/c1-11(2)12(3,4)18-13(17-11)8-5-9(7-15)16-10(14)6-8/h5-6H,7H2,1-4H3. The van der Waals surface area contributed by atoms with Gasteiger partial charge in [-0.1, -0.05) is 11.6 Å². The largest absolute Gasteiger partial charge is 0.495 e. The van der Waals surface area contributed by atoms with Crippen LogP contribution in [0.15, 0.2) is 12.1 Å². The Kier molecular flexibility index (Phi) is 3.43. The van der Waals surface area contributed by atoms with E-state index >= 15 is 0 Å². The average molecular weight is 272 g/mol. The summed E-state index contributed by atoms with van der Waals surface area (Å²) in [6, 6.07) is 3.26. The van der Waals surface area contributed by atoms with Crippen LogP contribution in [0.4, 0.5) is 4.39 Å². The van der Waals surface area contributed by atoms with Crippen LogP contribution in [-0.4, -0.2) is 23.3 Å². The third kappa shape index (κ3) is 2.39. The zero-order valence-electron chi connectivity index (χ0n) is 11.0. The summed E-state index contributed by atoms with van der Waals surface area (Å²) in [4.78, 5) is 3.88. The van der Waals surface area contributed by atoms with Crippen LogP contribution in [0.2, 0.25) is 5.15 Å². The molecule has 1 aliphatic heterocycles. The summed E-state index contributed by atoms with van der Waals surface area (Å²) in [6.45, 7) is 7.20. The van der Waals surface area contributed by atoms with Gasteiger partial charge >= 0.3 is 7.12 Å². The summed E-state index contributed by atoms with van der Waals surface area (Å²) in [7, 11) is -0.541. The maximum Gasteiger partial charge on any atom is 0.495 e. The van der Waals surface area contributed by atoms with Crippen molar-refractivity contribution in [3.63, 3.8) is 0 Å². The molecule has 2 rings (SSSR count). The van der Waals surface area contributed by atoms with Crippen molar-refractivity contribution >= 4 is 24.2 Å². The fourth-order valence-corrected chi connectivity index (χ4v) is 1.99. The lowest BCUT2D eigenvalue weighted by molar-refractivity contribution is 0.00578. The van der Waals surface area contributed by atoms with Gasteiger partial charge in [-0.15, -0.1) is 0 Å². The molecule has 2 heterocycles. The molecular formula is C12H16BClFNO2. The molecule has 1 fully saturated rings. The first-order valence-corrected chi connectivity index (χ1v) is 6.21. The van der Waals surface area contributed by atoms with Crippen molar-refractivity contribution in [2.75, 3.05) is 0 Å². The third-order valence-corrected chi connectivity index (χ3v) is 3.73. The van der Waals surface area contributed by atoms with Gasteiger partial charge in [0.25, 0.3) is 0 Å². The number of alkyl halides is 1. The van der Waals surface area contributed by atoms with E-state index < -0.39 is 25.0 Å². The zero-order chi connectivity index (χ0) is 13.6. The molecule has 0 unspecified atom stereocenters. The Morgan fingerprint density at radius 1 is 1.22 bits per heavy atom. The van der Waals surface area contributed by atoms with Gasteiger partial charge in [0.1, 0.15) is 11.8 Å². The number of halogens is 2. The van der Waals surface area contributed by atoms with Crippen molar-refractivity contribution in [2.45, 2.75) is 45.6 Å². The van der Waals surface area contributed by atoms with Gasteiger partial charge in [-0.2, -0.15) is 0 Å². The van der Waals surface area contributed by atoms with E-state index in [4.69, 9.17) is 20.9 Å². The highest BCUT2D eigenvalue weighted by molar-refractivity contribution is 6.62. The monoisotopic (exact) mass is 271 g/mol. The minimum atomic E-state index is -0.660. The lowest BCUT2D eigenvalue weighted by Crippen LogP contribution is -2.41. The lowest BCUT2D eigenvalue weighted by atomic mass is 9.79. The summed E-state index contributed by atoms with van der Waals surface area (Å²) in [5.74, 6) is 0. The van der Waals surface area contributed by atoms with E-state index in [9.17, 15) is 4.39 Å². The first-order valence-electron chi connectivity index (χ1n) is 5.83. The highest BCUT2D eigenvalue weighted by Crippen LogP contribution is 2.36. The van der Waals surface area contributed by atoms with Crippen molar-refractivity contribution in [3.8, 4) is 0 Å².